The zero-order valence-corrected chi connectivity index (χ0v) is 19.2. The molecule has 5 rings (SSSR count). The number of nitriles is 1. The van der Waals surface area contributed by atoms with Gasteiger partial charge in [-0.05, 0) is 79.0 Å². The Kier molecular flexibility index (Phi) is 4.84. The zero-order chi connectivity index (χ0) is 23.5. The lowest BCUT2D eigenvalue weighted by molar-refractivity contribution is -0.141. The highest BCUT2D eigenvalue weighted by Gasteiger charge is 2.68. The number of aliphatic hydroxyl groups excluding tert-OH is 1. The van der Waals surface area contributed by atoms with Crippen LogP contribution in [0.3, 0.4) is 0 Å². The minimum atomic E-state index is -1.18. The molecule has 1 aliphatic heterocycles. The van der Waals surface area contributed by atoms with Crippen LogP contribution in [0.1, 0.15) is 54.6 Å². The van der Waals surface area contributed by atoms with Gasteiger partial charge in [-0.1, -0.05) is 19.9 Å². The predicted molar refractivity (Wildman–Crippen MR) is 124 cm³/mol. The first-order valence-electron chi connectivity index (χ1n) is 11.5. The largest absolute Gasteiger partial charge is 0.393 e. The maximum Gasteiger partial charge on any atom is 0.262 e. The summed E-state index contributed by atoms with van der Waals surface area (Å²) in [6.45, 7) is 6.32. The molecule has 1 fully saturated rings. The highest BCUT2D eigenvalue weighted by atomic mass is 16.3. The van der Waals surface area contributed by atoms with Crippen molar-refractivity contribution in [2.24, 2.45) is 28.0 Å². The molecule has 3 aliphatic rings. The first kappa shape index (κ1) is 21.6. The van der Waals surface area contributed by atoms with Crippen molar-refractivity contribution in [2.75, 3.05) is 0 Å². The smallest absolute Gasteiger partial charge is 0.262 e. The van der Waals surface area contributed by atoms with Crippen molar-refractivity contribution in [3.63, 3.8) is 0 Å². The summed E-state index contributed by atoms with van der Waals surface area (Å²) in [5.74, 6) is 0.113. The molecule has 2 aromatic rings. The Morgan fingerprint density at radius 1 is 1.24 bits per heavy atom. The number of hydrogen-bond donors (Lipinski definition) is 2. The molecule has 7 heteroatoms. The normalized spacial score (nSPS) is 32.8. The second-order valence-corrected chi connectivity index (χ2v) is 10.2. The lowest BCUT2D eigenvalue weighted by Gasteiger charge is -2.49. The third-order valence-electron chi connectivity index (χ3n) is 7.93. The molecule has 0 radical (unpaired) electrons. The number of aryl methyl sites for hydroxylation is 1. The molecule has 0 bridgehead atoms. The Labute approximate surface area is 194 Å². The molecule has 1 saturated carbocycles. The molecule has 1 amide bonds. The number of carbonyl (C=O) groups excluding carboxylic acids is 1. The summed E-state index contributed by atoms with van der Waals surface area (Å²) in [7, 11) is 0. The number of amides is 1. The van der Waals surface area contributed by atoms with E-state index >= 15 is 0 Å². The van der Waals surface area contributed by atoms with Gasteiger partial charge in [0.2, 0.25) is 0 Å². The summed E-state index contributed by atoms with van der Waals surface area (Å²) in [6, 6.07) is 11.6. The molecule has 7 nitrogen and oxygen atoms in total. The molecule has 170 valence electrons. The van der Waals surface area contributed by atoms with Gasteiger partial charge in [-0.2, -0.15) is 5.26 Å². The van der Waals surface area contributed by atoms with Crippen molar-refractivity contribution in [1.82, 2.24) is 9.88 Å². The lowest BCUT2D eigenvalue weighted by Crippen LogP contribution is -2.55. The summed E-state index contributed by atoms with van der Waals surface area (Å²) in [6.07, 6.45) is 3.32. The summed E-state index contributed by atoms with van der Waals surface area (Å²) in [5, 5.41) is 20.3. The van der Waals surface area contributed by atoms with Gasteiger partial charge in [0.25, 0.3) is 5.91 Å². The van der Waals surface area contributed by atoms with Crippen LogP contribution in [0, 0.1) is 35.5 Å². The van der Waals surface area contributed by atoms with Crippen LogP contribution in [0.25, 0.3) is 0 Å². The van der Waals surface area contributed by atoms with Crippen LogP contribution < -0.4 is 5.73 Å². The van der Waals surface area contributed by atoms with E-state index in [2.05, 4.69) is 11.1 Å². The van der Waals surface area contributed by atoms with Gasteiger partial charge in [0.15, 0.2) is 11.5 Å². The number of aliphatic imine (C=N–C) groups is 1. The van der Waals surface area contributed by atoms with Crippen molar-refractivity contribution < 1.29 is 9.90 Å². The van der Waals surface area contributed by atoms with E-state index in [1.165, 1.54) is 0 Å². The minimum Gasteiger partial charge on any atom is -0.393 e. The summed E-state index contributed by atoms with van der Waals surface area (Å²) >= 11 is 0. The number of guanidine groups is 1. The maximum absolute atomic E-state index is 14.3. The summed E-state index contributed by atoms with van der Waals surface area (Å²) < 4.78 is 0. The number of rotatable bonds is 2. The van der Waals surface area contributed by atoms with Crippen molar-refractivity contribution >= 4 is 11.9 Å². The second kappa shape index (κ2) is 7.39. The monoisotopic (exact) mass is 443 g/mol. The first-order valence-corrected chi connectivity index (χ1v) is 11.5. The summed E-state index contributed by atoms with van der Waals surface area (Å²) in [5.41, 5.74) is 8.92. The van der Waals surface area contributed by atoms with E-state index in [0.29, 0.717) is 31.4 Å². The van der Waals surface area contributed by atoms with Gasteiger partial charge < -0.3 is 10.8 Å². The van der Waals surface area contributed by atoms with Gasteiger partial charge in [0.05, 0.1) is 24.3 Å². The fraction of sp³-hybridized carbons (Fsp3) is 0.462. The highest BCUT2D eigenvalue weighted by Crippen LogP contribution is 2.63. The molecular weight excluding hydrogens is 414 g/mol. The fourth-order valence-corrected chi connectivity index (χ4v) is 6.61. The molecule has 1 aromatic carbocycles. The zero-order valence-electron chi connectivity index (χ0n) is 19.2. The minimum absolute atomic E-state index is 0.0245. The molecule has 3 N–H and O–H groups in total. The SMILES string of the molecule is Cc1cc(CN2C(=O)C3(N=C2N)c2cc(C#N)ccc2CC32CC(C)C(O)C(C)C2)ccn1. The number of benzene rings is 1. The van der Waals surface area contributed by atoms with Crippen LogP contribution in [0.5, 0.6) is 0 Å². The number of nitrogens with zero attached hydrogens (tertiary/aromatic N) is 4. The van der Waals surface area contributed by atoms with Gasteiger partial charge in [-0.15, -0.1) is 0 Å². The van der Waals surface area contributed by atoms with Crippen LogP contribution in [0.2, 0.25) is 0 Å². The third kappa shape index (κ3) is 3.01. The second-order valence-electron chi connectivity index (χ2n) is 10.2. The Morgan fingerprint density at radius 3 is 2.64 bits per heavy atom. The number of carbonyl (C=O) groups is 1. The predicted octanol–water partition coefficient (Wildman–Crippen LogP) is 2.78. The van der Waals surface area contributed by atoms with Crippen LogP contribution in [0.15, 0.2) is 41.5 Å². The Hall–Kier alpha value is -3.24. The molecule has 3 unspecified atom stereocenters. The van der Waals surface area contributed by atoms with Crippen molar-refractivity contribution in [3.05, 3.63) is 64.5 Å². The van der Waals surface area contributed by atoms with E-state index in [-0.39, 0.29) is 23.7 Å². The lowest BCUT2D eigenvalue weighted by atomic mass is 9.56. The van der Waals surface area contributed by atoms with Gasteiger partial charge >= 0.3 is 0 Å². The molecule has 0 saturated heterocycles. The fourth-order valence-electron chi connectivity index (χ4n) is 6.61. The van der Waals surface area contributed by atoms with Crippen molar-refractivity contribution in [2.45, 2.75) is 58.2 Å². The quantitative estimate of drug-likeness (QED) is 0.740. The van der Waals surface area contributed by atoms with E-state index in [1.54, 1.807) is 17.2 Å². The van der Waals surface area contributed by atoms with Crippen LogP contribution in [0.4, 0.5) is 0 Å². The van der Waals surface area contributed by atoms with Gasteiger partial charge in [-0.3, -0.25) is 14.7 Å². The van der Waals surface area contributed by atoms with Crippen LogP contribution in [-0.4, -0.2) is 33.0 Å². The average molecular weight is 444 g/mol. The molecule has 1 aromatic heterocycles. The van der Waals surface area contributed by atoms with E-state index < -0.39 is 17.1 Å². The van der Waals surface area contributed by atoms with Crippen LogP contribution >= 0.6 is 0 Å². The summed E-state index contributed by atoms with van der Waals surface area (Å²) in [4.78, 5) is 25.1. The molecule has 2 aliphatic carbocycles. The number of fused-ring (bicyclic) bond motifs is 3. The van der Waals surface area contributed by atoms with Gasteiger partial charge in [-0.25, -0.2) is 4.99 Å². The molecular formula is C26H29N5O2. The van der Waals surface area contributed by atoms with Crippen molar-refractivity contribution in [1.29, 1.82) is 5.26 Å². The van der Waals surface area contributed by atoms with Crippen LogP contribution in [-0.2, 0) is 23.3 Å². The number of nitrogens with two attached hydrogens (primary N) is 1. The molecule has 2 heterocycles. The number of aromatic nitrogens is 1. The highest BCUT2D eigenvalue weighted by molar-refractivity contribution is 6.08. The Bertz CT molecular complexity index is 1200. The Morgan fingerprint density at radius 2 is 1.97 bits per heavy atom. The number of hydrogen-bond acceptors (Lipinski definition) is 6. The number of aliphatic hydroxyl groups is 1. The van der Waals surface area contributed by atoms with E-state index in [4.69, 9.17) is 10.7 Å². The average Bonchev–Trinajstić information content (AvgIpc) is 3.18. The van der Waals surface area contributed by atoms with E-state index in [0.717, 1.165) is 22.4 Å². The van der Waals surface area contributed by atoms with Crippen molar-refractivity contribution in [3.8, 4) is 6.07 Å². The molecule has 33 heavy (non-hydrogen) atoms. The van der Waals surface area contributed by atoms with E-state index in [1.807, 2.05) is 45.0 Å². The topological polar surface area (TPSA) is 116 Å². The Balaban J connectivity index is 1.66. The van der Waals surface area contributed by atoms with E-state index in [9.17, 15) is 15.2 Å². The third-order valence-corrected chi connectivity index (χ3v) is 7.93. The standard InChI is InChI=1S/C26H29N5O2/c1-15-10-25(11-16(2)22(15)32)12-20-5-4-18(13-27)9-21(20)26(25)23(33)31(24(28)30-26)14-19-6-7-29-17(3)8-19/h4-9,15-16,22,32H,10-12,14H2,1-3H3,(H2,28,30). The van der Waals surface area contributed by atoms with Gasteiger partial charge in [0.1, 0.15) is 0 Å². The maximum atomic E-state index is 14.3. The molecule has 2 spiro atoms. The number of pyridine rings is 1. The van der Waals surface area contributed by atoms with Gasteiger partial charge in [0, 0.05) is 17.3 Å². The molecule has 3 atom stereocenters. The first-order chi connectivity index (χ1) is 15.7.